The first-order chi connectivity index (χ1) is 9.45. The maximum absolute atomic E-state index is 12.4. The van der Waals surface area contributed by atoms with E-state index in [2.05, 4.69) is 14.7 Å². The Morgan fingerprint density at radius 3 is 2.35 bits per heavy atom. The number of alkyl halides is 3. The van der Waals surface area contributed by atoms with Gasteiger partial charge in [0.1, 0.15) is 0 Å². The summed E-state index contributed by atoms with van der Waals surface area (Å²) in [4.78, 5) is 3.30. The van der Waals surface area contributed by atoms with Crippen LogP contribution in [0.2, 0.25) is 0 Å². The molecule has 1 fully saturated rings. The van der Waals surface area contributed by atoms with Crippen molar-refractivity contribution < 1.29 is 17.7 Å². The Labute approximate surface area is 112 Å². The molecule has 0 radical (unpaired) electrons. The van der Waals surface area contributed by atoms with Gasteiger partial charge in [-0.3, -0.25) is 0 Å². The standard InChI is InChI=1S/C13H12F3N3O/c14-13(15,16)12-18-11(19-20-12)10(17)9-5-3-8(4-6-9)7-1-2-7/h3-7,10H,1-2,17H2. The summed E-state index contributed by atoms with van der Waals surface area (Å²) >= 11 is 0. The molecular weight excluding hydrogens is 271 g/mol. The molecule has 1 aliphatic rings. The van der Waals surface area contributed by atoms with Gasteiger partial charge in [0.05, 0.1) is 6.04 Å². The van der Waals surface area contributed by atoms with E-state index in [1.165, 1.54) is 18.4 Å². The van der Waals surface area contributed by atoms with Gasteiger partial charge < -0.3 is 10.3 Å². The quantitative estimate of drug-likeness (QED) is 0.940. The summed E-state index contributed by atoms with van der Waals surface area (Å²) in [6, 6.07) is 6.64. The highest BCUT2D eigenvalue weighted by atomic mass is 19.4. The normalized spacial score (nSPS) is 17.2. The molecule has 1 atom stereocenters. The van der Waals surface area contributed by atoms with Gasteiger partial charge in [0, 0.05) is 0 Å². The van der Waals surface area contributed by atoms with Crippen molar-refractivity contribution in [3.8, 4) is 0 Å². The molecule has 1 saturated carbocycles. The third-order valence-electron chi connectivity index (χ3n) is 3.31. The van der Waals surface area contributed by atoms with Gasteiger partial charge in [-0.15, -0.1) is 0 Å². The Kier molecular flexibility index (Phi) is 3.01. The highest BCUT2D eigenvalue weighted by molar-refractivity contribution is 5.31. The second-order valence-corrected chi connectivity index (χ2v) is 4.87. The number of aromatic nitrogens is 2. The van der Waals surface area contributed by atoms with Crippen LogP contribution < -0.4 is 5.73 Å². The fourth-order valence-electron chi connectivity index (χ4n) is 2.02. The van der Waals surface area contributed by atoms with E-state index >= 15 is 0 Å². The van der Waals surface area contributed by atoms with Crippen molar-refractivity contribution in [2.45, 2.75) is 31.0 Å². The van der Waals surface area contributed by atoms with Crippen LogP contribution in [0.1, 0.15) is 47.6 Å². The molecule has 1 aliphatic carbocycles. The summed E-state index contributed by atoms with van der Waals surface area (Å²) in [7, 11) is 0. The van der Waals surface area contributed by atoms with Gasteiger partial charge in [0.25, 0.3) is 0 Å². The van der Waals surface area contributed by atoms with Crippen molar-refractivity contribution in [1.29, 1.82) is 0 Å². The van der Waals surface area contributed by atoms with E-state index in [1.54, 1.807) is 12.1 Å². The van der Waals surface area contributed by atoms with Crippen LogP contribution >= 0.6 is 0 Å². The minimum Gasteiger partial charge on any atom is -0.329 e. The SMILES string of the molecule is NC(c1ccc(C2CC2)cc1)c1noc(C(F)(F)F)n1. The molecule has 4 nitrogen and oxygen atoms in total. The molecule has 2 aromatic rings. The summed E-state index contributed by atoms with van der Waals surface area (Å²) in [6.45, 7) is 0. The first kappa shape index (κ1) is 13.1. The predicted octanol–water partition coefficient (Wildman–Crippen LogP) is 3.01. The van der Waals surface area contributed by atoms with E-state index in [4.69, 9.17) is 5.73 Å². The molecular formula is C13H12F3N3O. The molecule has 3 rings (SSSR count). The Morgan fingerprint density at radius 2 is 1.85 bits per heavy atom. The van der Waals surface area contributed by atoms with Crippen molar-refractivity contribution in [1.82, 2.24) is 10.1 Å². The van der Waals surface area contributed by atoms with Crippen LogP contribution in [-0.4, -0.2) is 10.1 Å². The first-order valence-electron chi connectivity index (χ1n) is 6.21. The maximum atomic E-state index is 12.4. The molecule has 7 heteroatoms. The van der Waals surface area contributed by atoms with Gasteiger partial charge in [-0.1, -0.05) is 29.4 Å². The highest BCUT2D eigenvalue weighted by Gasteiger charge is 2.39. The number of hydrogen-bond donors (Lipinski definition) is 1. The lowest BCUT2D eigenvalue weighted by molar-refractivity contribution is -0.159. The Morgan fingerprint density at radius 1 is 1.20 bits per heavy atom. The van der Waals surface area contributed by atoms with E-state index < -0.39 is 18.1 Å². The van der Waals surface area contributed by atoms with Gasteiger partial charge in [0.15, 0.2) is 5.82 Å². The van der Waals surface area contributed by atoms with Crippen molar-refractivity contribution >= 4 is 0 Å². The average Bonchev–Trinajstić information content (AvgIpc) is 3.13. The lowest BCUT2D eigenvalue weighted by atomic mass is 10.0. The van der Waals surface area contributed by atoms with Gasteiger partial charge in [0.2, 0.25) is 0 Å². The van der Waals surface area contributed by atoms with E-state index in [0.717, 1.165) is 0 Å². The van der Waals surface area contributed by atoms with Gasteiger partial charge in [-0.2, -0.15) is 18.2 Å². The molecule has 0 saturated heterocycles. The molecule has 1 heterocycles. The largest absolute Gasteiger partial charge is 0.471 e. The zero-order valence-corrected chi connectivity index (χ0v) is 10.4. The lowest BCUT2D eigenvalue weighted by Crippen LogP contribution is -2.14. The van der Waals surface area contributed by atoms with Crippen LogP contribution in [0.15, 0.2) is 28.8 Å². The lowest BCUT2D eigenvalue weighted by Gasteiger charge is -2.08. The minimum atomic E-state index is -4.65. The van der Waals surface area contributed by atoms with Crippen LogP contribution in [-0.2, 0) is 6.18 Å². The van der Waals surface area contributed by atoms with Crippen molar-refractivity contribution in [2.75, 3.05) is 0 Å². The topological polar surface area (TPSA) is 64.9 Å². The van der Waals surface area contributed by atoms with E-state index in [1.807, 2.05) is 12.1 Å². The number of benzene rings is 1. The predicted molar refractivity (Wildman–Crippen MR) is 63.7 cm³/mol. The van der Waals surface area contributed by atoms with Crippen LogP contribution in [0.3, 0.4) is 0 Å². The molecule has 1 unspecified atom stereocenters. The van der Waals surface area contributed by atoms with Gasteiger partial charge >= 0.3 is 12.1 Å². The minimum absolute atomic E-state index is 0.170. The average molecular weight is 283 g/mol. The van der Waals surface area contributed by atoms with Crippen LogP contribution in [0, 0.1) is 0 Å². The first-order valence-corrected chi connectivity index (χ1v) is 6.21. The maximum Gasteiger partial charge on any atom is 0.471 e. The van der Waals surface area contributed by atoms with Crippen molar-refractivity contribution in [3.63, 3.8) is 0 Å². The van der Waals surface area contributed by atoms with Crippen LogP contribution in [0.25, 0.3) is 0 Å². The molecule has 0 bridgehead atoms. The monoisotopic (exact) mass is 283 g/mol. The molecule has 1 aromatic heterocycles. The third-order valence-corrected chi connectivity index (χ3v) is 3.31. The second kappa shape index (κ2) is 4.59. The Bertz CT molecular complexity index is 602. The van der Waals surface area contributed by atoms with Crippen LogP contribution in [0.5, 0.6) is 0 Å². The van der Waals surface area contributed by atoms with Crippen molar-refractivity contribution in [3.05, 3.63) is 47.1 Å². The molecule has 0 spiro atoms. The Hall–Kier alpha value is -1.89. The molecule has 106 valence electrons. The number of halogens is 3. The number of nitrogens with zero attached hydrogens (tertiary/aromatic N) is 2. The smallest absolute Gasteiger partial charge is 0.329 e. The number of hydrogen-bond acceptors (Lipinski definition) is 4. The molecule has 0 aliphatic heterocycles. The van der Waals surface area contributed by atoms with Crippen LogP contribution in [0.4, 0.5) is 13.2 Å². The van der Waals surface area contributed by atoms with E-state index in [9.17, 15) is 13.2 Å². The number of rotatable bonds is 3. The fraction of sp³-hybridized carbons (Fsp3) is 0.385. The highest BCUT2D eigenvalue weighted by Crippen LogP contribution is 2.40. The summed E-state index contributed by atoms with van der Waals surface area (Å²) in [5.41, 5.74) is 7.75. The summed E-state index contributed by atoms with van der Waals surface area (Å²) < 4.78 is 41.3. The zero-order valence-electron chi connectivity index (χ0n) is 10.4. The van der Waals surface area contributed by atoms with Gasteiger partial charge in [-0.05, 0) is 29.9 Å². The molecule has 1 aromatic carbocycles. The fourth-order valence-corrected chi connectivity index (χ4v) is 2.02. The molecule has 20 heavy (non-hydrogen) atoms. The summed E-state index contributed by atoms with van der Waals surface area (Å²) in [6.07, 6.45) is -2.28. The third kappa shape index (κ3) is 2.53. The molecule has 0 amide bonds. The summed E-state index contributed by atoms with van der Waals surface area (Å²) in [5, 5.41) is 3.30. The molecule has 2 N–H and O–H groups in total. The summed E-state index contributed by atoms with van der Waals surface area (Å²) in [5.74, 6) is -0.934. The Balaban J connectivity index is 1.80. The van der Waals surface area contributed by atoms with Crippen molar-refractivity contribution in [2.24, 2.45) is 5.73 Å². The van der Waals surface area contributed by atoms with E-state index in [0.29, 0.717) is 11.5 Å². The second-order valence-electron chi connectivity index (χ2n) is 4.87. The number of nitrogens with two attached hydrogens (primary N) is 1. The van der Waals surface area contributed by atoms with E-state index in [-0.39, 0.29) is 5.82 Å². The zero-order chi connectivity index (χ0) is 14.3. The van der Waals surface area contributed by atoms with Gasteiger partial charge in [-0.25, -0.2) is 0 Å².